The molecule has 9 aromatic rings. The highest BCUT2D eigenvalue weighted by atomic mass is 15.4. The molecule has 1 aromatic heterocycles. The number of rotatable bonds is 3. The smallest absolute Gasteiger partial charge is 0.220 e. The Morgan fingerprint density at radius 3 is 1.92 bits per heavy atom. The van der Waals surface area contributed by atoms with E-state index in [0.29, 0.717) is 0 Å². The van der Waals surface area contributed by atoms with Gasteiger partial charge in [0.2, 0.25) is 5.95 Å². The van der Waals surface area contributed by atoms with Crippen LogP contribution in [0.15, 0.2) is 182 Å². The van der Waals surface area contributed by atoms with Crippen molar-refractivity contribution in [3.63, 3.8) is 0 Å². The zero-order valence-electron chi connectivity index (χ0n) is 27.6. The number of para-hydroxylation sites is 4. The molecule has 0 spiro atoms. The zero-order valence-corrected chi connectivity index (χ0v) is 27.6. The van der Waals surface area contributed by atoms with Gasteiger partial charge in [0.05, 0.1) is 39.5 Å². The van der Waals surface area contributed by atoms with E-state index >= 15 is 0 Å². The highest BCUT2D eigenvalue weighted by molar-refractivity contribution is 6.17. The number of benzene rings is 8. The fraction of sp³-hybridized carbons (Fsp3) is 0. The van der Waals surface area contributed by atoms with Crippen molar-refractivity contribution in [3.8, 4) is 39.1 Å². The Labute approximate surface area is 295 Å². The molecular weight excluding hydrogens is 621 g/mol. The van der Waals surface area contributed by atoms with Gasteiger partial charge in [-0.05, 0) is 76.2 Å². The molecule has 0 fully saturated rings. The summed E-state index contributed by atoms with van der Waals surface area (Å²) in [5.41, 5.74) is 15.9. The van der Waals surface area contributed by atoms with Crippen molar-refractivity contribution in [1.82, 2.24) is 9.55 Å². The minimum atomic E-state index is 0.852. The molecule has 2 aliphatic rings. The zero-order chi connectivity index (χ0) is 33.5. The third-order valence-corrected chi connectivity index (χ3v) is 10.4. The first-order valence-electron chi connectivity index (χ1n) is 17.4. The molecular formula is C47H30N4. The molecule has 3 heterocycles. The maximum atomic E-state index is 5.44. The van der Waals surface area contributed by atoms with Crippen LogP contribution in [-0.2, 0) is 0 Å². The fourth-order valence-corrected chi connectivity index (χ4v) is 8.23. The van der Waals surface area contributed by atoms with Crippen LogP contribution in [0.4, 0.5) is 34.4 Å². The molecule has 0 saturated heterocycles. The first kappa shape index (κ1) is 28.0. The fourth-order valence-electron chi connectivity index (χ4n) is 8.23. The lowest BCUT2D eigenvalue weighted by atomic mass is 9.92. The number of hydrogen-bond acceptors (Lipinski definition) is 3. The second-order valence-electron chi connectivity index (χ2n) is 13.2. The monoisotopic (exact) mass is 650 g/mol. The van der Waals surface area contributed by atoms with Gasteiger partial charge in [0, 0.05) is 22.2 Å². The van der Waals surface area contributed by atoms with Crippen LogP contribution in [0.25, 0.3) is 60.9 Å². The lowest BCUT2D eigenvalue weighted by Gasteiger charge is -2.41. The Bertz CT molecular complexity index is 2820. The third kappa shape index (κ3) is 4.05. The predicted molar refractivity (Wildman–Crippen MR) is 211 cm³/mol. The molecule has 2 aliphatic heterocycles. The molecule has 0 radical (unpaired) electrons. The highest BCUT2D eigenvalue weighted by Crippen LogP contribution is 2.62. The molecule has 0 saturated carbocycles. The molecule has 0 atom stereocenters. The topological polar surface area (TPSA) is 24.3 Å². The summed E-state index contributed by atoms with van der Waals surface area (Å²) in [6, 6.07) is 65.6. The average molecular weight is 651 g/mol. The summed E-state index contributed by atoms with van der Waals surface area (Å²) in [5.74, 6) is 0.852. The number of nitrogens with zero attached hydrogens (tertiary/aromatic N) is 4. The molecule has 0 N–H and O–H groups in total. The number of hydrogen-bond donors (Lipinski definition) is 0. The Kier molecular flexibility index (Phi) is 5.92. The van der Waals surface area contributed by atoms with E-state index in [1.54, 1.807) is 0 Å². The predicted octanol–water partition coefficient (Wildman–Crippen LogP) is 12.7. The molecule has 51 heavy (non-hydrogen) atoms. The van der Waals surface area contributed by atoms with Crippen molar-refractivity contribution in [2.24, 2.45) is 0 Å². The highest BCUT2D eigenvalue weighted by Gasteiger charge is 2.39. The van der Waals surface area contributed by atoms with E-state index in [1.165, 1.54) is 44.2 Å². The number of imidazole rings is 1. The molecule has 0 bridgehead atoms. The van der Waals surface area contributed by atoms with Crippen LogP contribution in [0.1, 0.15) is 0 Å². The van der Waals surface area contributed by atoms with Crippen molar-refractivity contribution in [1.29, 1.82) is 0 Å². The lowest BCUT2D eigenvalue weighted by Crippen LogP contribution is -2.26. The van der Waals surface area contributed by atoms with Crippen LogP contribution in [-0.4, -0.2) is 9.55 Å². The lowest BCUT2D eigenvalue weighted by molar-refractivity contribution is 1.03. The first-order chi connectivity index (χ1) is 25.3. The second-order valence-corrected chi connectivity index (χ2v) is 13.2. The van der Waals surface area contributed by atoms with E-state index in [2.05, 4.69) is 196 Å². The summed E-state index contributed by atoms with van der Waals surface area (Å²) in [4.78, 5) is 10.4. The summed E-state index contributed by atoms with van der Waals surface area (Å²) >= 11 is 0. The molecule has 0 aliphatic carbocycles. The van der Waals surface area contributed by atoms with Gasteiger partial charge >= 0.3 is 0 Å². The number of anilines is 6. The molecule has 11 rings (SSSR count). The summed E-state index contributed by atoms with van der Waals surface area (Å²) in [5, 5.41) is 2.35. The summed E-state index contributed by atoms with van der Waals surface area (Å²) in [6.45, 7) is 0. The van der Waals surface area contributed by atoms with Gasteiger partial charge in [0.25, 0.3) is 0 Å². The maximum Gasteiger partial charge on any atom is 0.220 e. The molecule has 0 unspecified atom stereocenters. The van der Waals surface area contributed by atoms with E-state index in [4.69, 9.17) is 4.98 Å². The van der Waals surface area contributed by atoms with Crippen molar-refractivity contribution in [3.05, 3.63) is 182 Å². The van der Waals surface area contributed by atoms with Gasteiger partial charge in [-0.1, -0.05) is 133 Å². The standard InChI is InChI=1S/C47H30N4/c1-3-14-31(15-4-1)33-27-28-41-39(30-33)37-21-10-9-20-36(37)38-22-13-25-43-46(38)50(41)44-29-26-32-16-7-8-19-35(32)45(44)51(43)47-48-40-23-11-12-24-42(40)49(47)34-17-5-2-6-18-34/h1-30H. The number of aromatic nitrogens is 2. The van der Waals surface area contributed by atoms with Crippen LogP contribution >= 0.6 is 0 Å². The van der Waals surface area contributed by atoms with Crippen LogP contribution in [0, 0.1) is 0 Å². The molecule has 0 amide bonds. The minimum Gasteiger partial charge on any atom is -0.305 e. The molecule has 4 nitrogen and oxygen atoms in total. The van der Waals surface area contributed by atoms with Crippen molar-refractivity contribution < 1.29 is 0 Å². The van der Waals surface area contributed by atoms with Gasteiger partial charge in [0.15, 0.2) is 0 Å². The summed E-state index contributed by atoms with van der Waals surface area (Å²) in [6.07, 6.45) is 0. The number of fused-ring (bicyclic) bond motifs is 10. The van der Waals surface area contributed by atoms with E-state index in [0.717, 1.165) is 51.1 Å². The van der Waals surface area contributed by atoms with Crippen LogP contribution in [0.5, 0.6) is 0 Å². The van der Waals surface area contributed by atoms with E-state index < -0.39 is 0 Å². The van der Waals surface area contributed by atoms with Gasteiger partial charge < -0.3 is 4.90 Å². The molecule has 238 valence electrons. The molecule has 8 aromatic carbocycles. The van der Waals surface area contributed by atoms with E-state index in [1.807, 2.05) is 0 Å². The SMILES string of the molecule is c1ccc(-c2ccc3c(c2)-c2ccccc2-c2cccc4c2N3c2ccc3ccccc3c2N4c2nc3ccccc3n2-c2ccccc2)cc1. The molecule has 4 heteroatoms. The van der Waals surface area contributed by atoms with Crippen molar-refractivity contribution >= 4 is 56.2 Å². The van der Waals surface area contributed by atoms with Gasteiger partial charge in [-0.15, -0.1) is 0 Å². The van der Waals surface area contributed by atoms with Gasteiger partial charge in [-0.25, -0.2) is 4.98 Å². The van der Waals surface area contributed by atoms with Gasteiger partial charge in [0.1, 0.15) is 0 Å². The Morgan fingerprint density at radius 2 is 1.06 bits per heavy atom. The van der Waals surface area contributed by atoms with Crippen LogP contribution in [0.2, 0.25) is 0 Å². The van der Waals surface area contributed by atoms with Crippen molar-refractivity contribution in [2.75, 3.05) is 9.80 Å². The summed E-state index contributed by atoms with van der Waals surface area (Å²) < 4.78 is 2.31. The average Bonchev–Trinajstić information content (AvgIpc) is 3.53. The van der Waals surface area contributed by atoms with Gasteiger partial charge in [-0.3, -0.25) is 9.47 Å². The maximum absolute atomic E-state index is 5.44. The van der Waals surface area contributed by atoms with Gasteiger partial charge in [-0.2, -0.15) is 0 Å². The Morgan fingerprint density at radius 1 is 0.392 bits per heavy atom. The van der Waals surface area contributed by atoms with Crippen LogP contribution < -0.4 is 9.80 Å². The summed E-state index contributed by atoms with van der Waals surface area (Å²) in [7, 11) is 0. The van der Waals surface area contributed by atoms with E-state index in [-0.39, 0.29) is 0 Å². The largest absolute Gasteiger partial charge is 0.305 e. The van der Waals surface area contributed by atoms with E-state index in [9.17, 15) is 0 Å². The minimum absolute atomic E-state index is 0.852. The third-order valence-electron chi connectivity index (χ3n) is 10.4. The first-order valence-corrected chi connectivity index (χ1v) is 17.4. The Hall–Kier alpha value is -6.91. The van der Waals surface area contributed by atoms with Crippen LogP contribution in [0.3, 0.4) is 0 Å². The normalized spacial score (nSPS) is 12.6. The van der Waals surface area contributed by atoms with Crippen molar-refractivity contribution in [2.45, 2.75) is 0 Å². The quantitative estimate of drug-likeness (QED) is 0.190. The second kappa shape index (κ2) is 10.8. The Balaban J connectivity index is 1.28.